The molecule has 126 valence electrons. The molecule has 1 aromatic heterocycles. The molecule has 1 aliphatic heterocycles. The van der Waals surface area contributed by atoms with Crippen LogP contribution in [0.2, 0.25) is 0 Å². The normalized spacial score (nSPS) is 20.2. The van der Waals surface area contributed by atoms with Crippen LogP contribution in [0.15, 0.2) is 48.7 Å². The first kappa shape index (κ1) is 16.5. The molecule has 0 aliphatic carbocycles. The van der Waals surface area contributed by atoms with Gasteiger partial charge < -0.3 is 14.7 Å². The van der Waals surface area contributed by atoms with Gasteiger partial charge in [-0.2, -0.15) is 0 Å². The number of aliphatic hydroxyl groups excluding tert-OH is 1. The second-order valence-corrected chi connectivity index (χ2v) is 5.99. The molecule has 0 unspecified atom stereocenters. The number of benzene rings is 1. The molecule has 1 amide bonds. The van der Waals surface area contributed by atoms with Gasteiger partial charge in [0.05, 0.1) is 18.3 Å². The number of β-amino-alcohol motifs (C(OH)–C–C–N with tert-alkyl or cyclic N) is 1. The monoisotopic (exact) mass is 326 g/mol. The first-order valence-electron chi connectivity index (χ1n) is 8.28. The first-order chi connectivity index (χ1) is 11.7. The zero-order chi connectivity index (χ0) is 16.9. The molecule has 24 heavy (non-hydrogen) atoms. The number of aliphatic hydroxyl groups is 1. The highest BCUT2D eigenvalue weighted by Gasteiger charge is 2.35. The Kier molecular flexibility index (Phi) is 5.11. The maximum absolute atomic E-state index is 12.8. The molecule has 0 bridgehead atoms. The number of ether oxygens (including phenoxy) is 1. The number of aromatic nitrogens is 1. The predicted molar refractivity (Wildman–Crippen MR) is 91.0 cm³/mol. The Balaban J connectivity index is 1.71. The van der Waals surface area contributed by atoms with Crippen LogP contribution < -0.4 is 4.74 Å². The summed E-state index contributed by atoms with van der Waals surface area (Å²) >= 11 is 0. The van der Waals surface area contributed by atoms with Crippen LogP contribution in [0.1, 0.15) is 23.0 Å². The minimum Gasteiger partial charge on any atom is -0.493 e. The average Bonchev–Trinajstić information content (AvgIpc) is 2.97. The molecule has 0 saturated carbocycles. The van der Waals surface area contributed by atoms with Crippen molar-refractivity contribution in [3.8, 4) is 5.75 Å². The van der Waals surface area contributed by atoms with Gasteiger partial charge in [-0.1, -0.05) is 18.2 Å². The summed E-state index contributed by atoms with van der Waals surface area (Å²) in [5.41, 5.74) is 1.48. The number of nitrogens with zero attached hydrogens (tertiary/aromatic N) is 2. The van der Waals surface area contributed by atoms with Crippen molar-refractivity contribution in [1.82, 2.24) is 9.88 Å². The van der Waals surface area contributed by atoms with E-state index in [1.165, 1.54) is 0 Å². The van der Waals surface area contributed by atoms with E-state index in [9.17, 15) is 9.90 Å². The molecule has 3 rings (SSSR count). The highest BCUT2D eigenvalue weighted by molar-refractivity contribution is 5.97. The standard InChI is InChI=1S/C19H22N2O3/c1-2-24-18-9-4-3-8-16(18)19(23)21-12-14(17(22)13-21)11-15-7-5-6-10-20-15/h3-10,14,17,22H,2,11-13H2,1H3/t14-,17-/m1/s1. The van der Waals surface area contributed by atoms with Gasteiger partial charge >= 0.3 is 0 Å². The summed E-state index contributed by atoms with van der Waals surface area (Å²) in [6, 6.07) is 13.0. The Morgan fingerprint density at radius 3 is 2.79 bits per heavy atom. The number of pyridine rings is 1. The molecule has 1 N–H and O–H groups in total. The van der Waals surface area contributed by atoms with Gasteiger partial charge in [0.15, 0.2) is 0 Å². The zero-order valence-electron chi connectivity index (χ0n) is 13.8. The third-order valence-corrected chi connectivity index (χ3v) is 4.31. The second-order valence-electron chi connectivity index (χ2n) is 5.99. The van der Waals surface area contributed by atoms with Gasteiger partial charge in [0.1, 0.15) is 5.75 Å². The van der Waals surface area contributed by atoms with E-state index in [4.69, 9.17) is 4.74 Å². The van der Waals surface area contributed by atoms with Crippen molar-refractivity contribution in [3.63, 3.8) is 0 Å². The van der Waals surface area contributed by atoms with Crippen molar-refractivity contribution in [2.45, 2.75) is 19.4 Å². The minimum atomic E-state index is -0.532. The van der Waals surface area contributed by atoms with Crippen LogP contribution in [0.4, 0.5) is 0 Å². The van der Waals surface area contributed by atoms with Gasteiger partial charge in [-0.15, -0.1) is 0 Å². The summed E-state index contributed by atoms with van der Waals surface area (Å²) < 4.78 is 5.55. The molecule has 5 nitrogen and oxygen atoms in total. The number of carbonyl (C=O) groups is 1. The van der Waals surface area contributed by atoms with Gasteiger partial charge in [-0.25, -0.2) is 0 Å². The third-order valence-electron chi connectivity index (χ3n) is 4.31. The second kappa shape index (κ2) is 7.45. The number of hydrogen-bond donors (Lipinski definition) is 1. The van der Waals surface area contributed by atoms with Crippen molar-refractivity contribution in [2.24, 2.45) is 5.92 Å². The Morgan fingerprint density at radius 1 is 1.25 bits per heavy atom. The van der Waals surface area contributed by atoms with Gasteiger partial charge in [0, 0.05) is 30.9 Å². The quantitative estimate of drug-likeness (QED) is 0.914. The highest BCUT2D eigenvalue weighted by Crippen LogP contribution is 2.26. The highest BCUT2D eigenvalue weighted by atomic mass is 16.5. The molecular formula is C19H22N2O3. The zero-order valence-corrected chi connectivity index (χ0v) is 13.8. The van der Waals surface area contributed by atoms with Crippen molar-refractivity contribution in [2.75, 3.05) is 19.7 Å². The van der Waals surface area contributed by atoms with E-state index in [0.29, 0.717) is 37.4 Å². The first-order valence-corrected chi connectivity index (χ1v) is 8.28. The molecule has 0 spiro atoms. The van der Waals surface area contributed by atoms with Crippen molar-refractivity contribution in [3.05, 3.63) is 59.9 Å². The van der Waals surface area contributed by atoms with Crippen LogP contribution >= 0.6 is 0 Å². The lowest BCUT2D eigenvalue weighted by atomic mass is 10.00. The molecule has 5 heteroatoms. The van der Waals surface area contributed by atoms with Crippen LogP contribution in [0.5, 0.6) is 5.75 Å². The minimum absolute atomic E-state index is 0.00288. The van der Waals surface area contributed by atoms with E-state index in [-0.39, 0.29) is 11.8 Å². The molecule has 2 heterocycles. The number of para-hydroxylation sites is 1. The fourth-order valence-electron chi connectivity index (χ4n) is 3.10. The van der Waals surface area contributed by atoms with E-state index in [0.717, 1.165) is 5.69 Å². The predicted octanol–water partition coefficient (Wildman–Crippen LogP) is 2.16. The Labute approximate surface area is 141 Å². The summed E-state index contributed by atoms with van der Waals surface area (Å²) in [4.78, 5) is 18.8. The van der Waals surface area contributed by atoms with Crippen LogP contribution in [0.3, 0.4) is 0 Å². The lowest BCUT2D eigenvalue weighted by Crippen LogP contribution is -2.30. The molecule has 0 radical (unpaired) electrons. The number of carbonyl (C=O) groups excluding carboxylic acids is 1. The topological polar surface area (TPSA) is 62.7 Å². The van der Waals surface area contributed by atoms with Gasteiger partial charge in [0.25, 0.3) is 5.91 Å². The van der Waals surface area contributed by atoms with Crippen molar-refractivity contribution < 1.29 is 14.6 Å². The van der Waals surface area contributed by atoms with Crippen LogP contribution in [0.25, 0.3) is 0 Å². The van der Waals surface area contributed by atoms with Gasteiger partial charge in [-0.3, -0.25) is 9.78 Å². The van der Waals surface area contributed by atoms with Crippen LogP contribution in [0, 0.1) is 5.92 Å². The van der Waals surface area contributed by atoms with E-state index in [1.54, 1.807) is 23.2 Å². The van der Waals surface area contributed by atoms with Gasteiger partial charge in [-0.05, 0) is 37.6 Å². The maximum Gasteiger partial charge on any atom is 0.257 e. The molecule has 1 aliphatic rings. The molecule has 1 saturated heterocycles. The summed E-state index contributed by atoms with van der Waals surface area (Å²) in [5.74, 6) is 0.498. The summed E-state index contributed by atoms with van der Waals surface area (Å²) in [5, 5.41) is 10.3. The SMILES string of the molecule is CCOc1ccccc1C(=O)N1C[C@@H](Cc2ccccn2)[C@H](O)C1. The number of hydrogen-bond acceptors (Lipinski definition) is 4. The van der Waals surface area contributed by atoms with Gasteiger partial charge in [0.2, 0.25) is 0 Å². The third kappa shape index (κ3) is 3.57. The molecule has 2 aromatic rings. The largest absolute Gasteiger partial charge is 0.493 e. The molecule has 1 aromatic carbocycles. The summed E-state index contributed by atoms with van der Waals surface area (Å²) in [6.07, 6.45) is 1.88. The number of rotatable bonds is 5. The molecule has 2 atom stereocenters. The maximum atomic E-state index is 12.8. The fourth-order valence-corrected chi connectivity index (χ4v) is 3.10. The lowest BCUT2D eigenvalue weighted by molar-refractivity contribution is 0.0760. The summed E-state index contributed by atoms with van der Waals surface area (Å²) in [7, 11) is 0. The van der Waals surface area contributed by atoms with Crippen molar-refractivity contribution in [1.29, 1.82) is 0 Å². The van der Waals surface area contributed by atoms with E-state index in [1.807, 2.05) is 37.3 Å². The fraction of sp³-hybridized carbons (Fsp3) is 0.368. The van der Waals surface area contributed by atoms with E-state index < -0.39 is 6.10 Å². The summed E-state index contributed by atoms with van der Waals surface area (Å²) in [6.45, 7) is 3.27. The molecule has 1 fully saturated rings. The van der Waals surface area contributed by atoms with E-state index in [2.05, 4.69) is 4.98 Å². The van der Waals surface area contributed by atoms with E-state index >= 15 is 0 Å². The van der Waals surface area contributed by atoms with Crippen LogP contribution in [-0.2, 0) is 6.42 Å². The smallest absolute Gasteiger partial charge is 0.257 e. The number of likely N-dealkylation sites (tertiary alicyclic amines) is 1. The average molecular weight is 326 g/mol. The lowest BCUT2D eigenvalue weighted by Gasteiger charge is -2.18. The Bertz CT molecular complexity index is 690. The Hall–Kier alpha value is -2.40. The van der Waals surface area contributed by atoms with Crippen LogP contribution in [-0.4, -0.2) is 46.7 Å². The molecular weight excluding hydrogens is 304 g/mol. The number of amides is 1. The Morgan fingerprint density at radius 2 is 2.04 bits per heavy atom. The van der Waals surface area contributed by atoms with Crippen molar-refractivity contribution >= 4 is 5.91 Å².